The van der Waals surface area contributed by atoms with E-state index in [1.165, 1.54) is 70.6 Å². The van der Waals surface area contributed by atoms with Crippen LogP contribution >= 0.6 is 0 Å². The number of halogens is 7. The predicted molar refractivity (Wildman–Crippen MR) is 116 cm³/mol. The lowest BCUT2D eigenvalue weighted by atomic mass is 10.0. The van der Waals surface area contributed by atoms with Gasteiger partial charge in [0, 0.05) is 0 Å². The zero-order valence-corrected chi connectivity index (χ0v) is 19.9. The first-order valence-corrected chi connectivity index (χ1v) is 12.5. The van der Waals surface area contributed by atoms with Gasteiger partial charge in [-0.1, -0.05) is 116 Å². The minimum Gasteiger partial charge on any atom is -0.461 e. The standard InChI is InChI=1S/C24H41F7O2/c1-2-3-4-5-6-7-8-9-10-11-12-13-14-15-16-17-18-19-20-33-21(32)22(25,26)23(27,28)24(29,30)31/h2-20H2,1H3. The topological polar surface area (TPSA) is 26.3 Å². The number of unbranched alkanes of at least 4 members (excludes halogenated alkanes) is 17. The Kier molecular flexibility index (Phi) is 16.9. The average molecular weight is 495 g/mol. The van der Waals surface area contributed by atoms with Crippen molar-refractivity contribution >= 4 is 5.97 Å². The van der Waals surface area contributed by atoms with Crippen LogP contribution in [0.5, 0.6) is 0 Å². The number of rotatable bonds is 21. The molecule has 2 nitrogen and oxygen atoms in total. The molecule has 0 fully saturated rings. The van der Waals surface area contributed by atoms with E-state index in [-0.39, 0.29) is 6.42 Å². The fourth-order valence-corrected chi connectivity index (χ4v) is 3.57. The van der Waals surface area contributed by atoms with Gasteiger partial charge in [-0.15, -0.1) is 0 Å². The molecule has 0 aliphatic rings. The van der Waals surface area contributed by atoms with Crippen molar-refractivity contribution in [2.75, 3.05) is 6.61 Å². The van der Waals surface area contributed by atoms with Gasteiger partial charge in [-0.25, -0.2) is 4.79 Å². The Morgan fingerprint density at radius 3 is 1.15 bits per heavy atom. The summed E-state index contributed by atoms with van der Waals surface area (Å²) in [5.41, 5.74) is 0. The molecule has 0 aromatic heterocycles. The molecule has 0 amide bonds. The lowest BCUT2D eigenvalue weighted by molar-refractivity contribution is -0.348. The molecule has 9 heteroatoms. The quantitative estimate of drug-likeness (QED) is 0.0902. The van der Waals surface area contributed by atoms with Crippen molar-refractivity contribution in [1.82, 2.24) is 0 Å². The van der Waals surface area contributed by atoms with E-state index in [1.807, 2.05) is 0 Å². The SMILES string of the molecule is CCCCCCCCCCCCCCCCCCCCOC(=O)C(F)(F)C(F)(F)C(F)(F)F. The van der Waals surface area contributed by atoms with E-state index in [9.17, 15) is 35.5 Å². The van der Waals surface area contributed by atoms with E-state index in [1.54, 1.807) is 0 Å². The molecule has 0 heterocycles. The van der Waals surface area contributed by atoms with Gasteiger partial charge < -0.3 is 4.74 Å². The monoisotopic (exact) mass is 494 g/mol. The van der Waals surface area contributed by atoms with Gasteiger partial charge in [0.2, 0.25) is 0 Å². The third kappa shape index (κ3) is 13.5. The van der Waals surface area contributed by atoms with Crippen LogP contribution in [-0.2, 0) is 9.53 Å². The Balaban J connectivity index is 3.53. The summed E-state index contributed by atoms with van der Waals surface area (Å²) in [4.78, 5) is 11.0. The fourth-order valence-electron chi connectivity index (χ4n) is 3.57. The van der Waals surface area contributed by atoms with Crippen molar-refractivity contribution in [1.29, 1.82) is 0 Å². The summed E-state index contributed by atoms with van der Waals surface area (Å²) in [6.45, 7) is 1.61. The van der Waals surface area contributed by atoms with Crippen molar-refractivity contribution in [3.63, 3.8) is 0 Å². The summed E-state index contributed by atoms with van der Waals surface area (Å²) in [7, 11) is 0. The smallest absolute Gasteiger partial charge is 0.460 e. The molecule has 0 saturated carbocycles. The largest absolute Gasteiger partial charge is 0.461 e. The number of hydrogen-bond donors (Lipinski definition) is 0. The lowest BCUT2D eigenvalue weighted by Crippen LogP contribution is -2.56. The number of esters is 1. The summed E-state index contributed by atoms with van der Waals surface area (Å²) in [6, 6.07) is 0. The fraction of sp³-hybridized carbons (Fsp3) is 0.958. The molecule has 33 heavy (non-hydrogen) atoms. The summed E-state index contributed by atoms with van der Waals surface area (Å²) < 4.78 is 91.6. The lowest BCUT2D eigenvalue weighted by Gasteiger charge is -2.26. The second kappa shape index (κ2) is 17.4. The molecule has 0 N–H and O–H groups in total. The molecule has 198 valence electrons. The van der Waals surface area contributed by atoms with Gasteiger partial charge in [-0.2, -0.15) is 30.7 Å². The van der Waals surface area contributed by atoms with Crippen LogP contribution < -0.4 is 0 Å². The van der Waals surface area contributed by atoms with Crippen LogP contribution in [0.2, 0.25) is 0 Å². The van der Waals surface area contributed by atoms with Gasteiger partial charge in [0.1, 0.15) is 0 Å². The highest BCUT2D eigenvalue weighted by molar-refractivity contribution is 5.79. The van der Waals surface area contributed by atoms with Gasteiger partial charge in [0.15, 0.2) is 0 Å². The Morgan fingerprint density at radius 1 is 0.545 bits per heavy atom. The van der Waals surface area contributed by atoms with Crippen LogP contribution in [-0.4, -0.2) is 30.6 Å². The summed E-state index contributed by atoms with van der Waals surface area (Å²) in [5, 5.41) is 0. The van der Waals surface area contributed by atoms with Gasteiger partial charge in [0.25, 0.3) is 0 Å². The van der Waals surface area contributed by atoms with Crippen LogP contribution in [0, 0.1) is 0 Å². The number of alkyl halides is 7. The number of carbonyl (C=O) groups is 1. The molecule has 0 rings (SSSR count). The Labute approximate surface area is 194 Å². The molecule has 0 aromatic carbocycles. The number of carbonyl (C=O) groups excluding carboxylic acids is 1. The highest BCUT2D eigenvalue weighted by Gasteiger charge is 2.77. The predicted octanol–water partition coefficient (Wildman–Crippen LogP) is 9.40. The van der Waals surface area contributed by atoms with Crippen LogP contribution in [0.15, 0.2) is 0 Å². The molecule has 0 saturated heterocycles. The Morgan fingerprint density at radius 2 is 0.848 bits per heavy atom. The normalized spacial score (nSPS) is 12.8. The molecule has 0 radical (unpaired) electrons. The zero-order chi connectivity index (χ0) is 25.2. The Hall–Kier alpha value is -1.02. The molecule has 0 aliphatic heterocycles. The minimum atomic E-state index is -6.54. The van der Waals surface area contributed by atoms with Crippen molar-refractivity contribution in [3.05, 3.63) is 0 Å². The van der Waals surface area contributed by atoms with Gasteiger partial charge in [-0.05, 0) is 6.42 Å². The maximum Gasteiger partial charge on any atom is 0.460 e. The van der Waals surface area contributed by atoms with E-state index in [0.29, 0.717) is 6.42 Å². The van der Waals surface area contributed by atoms with E-state index < -0.39 is 30.6 Å². The molecule has 0 atom stereocenters. The van der Waals surface area contributed by atoms with Crippen LogP contribution in [0.3, 0.4) is 0 Å². The van der Waals surface area contributed by atoms with Crippen LogP contribution in [0.4, 0.5) is 30.7 Å². The minimum absolute atomic E-state index is 0.137. The van der Waals surface area contributed by atoms with E-state index in [0.717, 1.165) is 32.1 Å². The van der Waals surface area contributed by atoms with Crippen LogP contribution in [0.25, 0.3) is 0 Å². The summed E-state index contributed by atoms with van der Waals surface area (Å²) in [6.07, 6.45) is 13.5. The number of hydrogen-bond acceptors (Lipinski definition) is 2. The van der Waals surface area contributed by atoms with Crippen LogP contribution in [0.1, 0.15) is 122 Å². The second-order valence-electron chi connectivity index (χ2n) is 8.79. The maximum absolute atomic E-state index is 13.1. The molecule has 0 unspecified atom stereocenters. The van der Waals surface area contributed by atoms with Gasteiger partial charge in [-0.3, -0.25) is 0 Å². The highest BCUT2D eigenvalue weighted by atomic mass is 19.4. The highest BCUT2D eigenvalue weighted by Crippen LogP contribution is 2.47. The molecular weight excluding hydrogens is 453 g/mol. The van der Waals surface area contributed by atoms with Crippen molar-refractivity contribution in [2.45, 2.75) is 141 Å². The van der Waals surface area contributed by atoms with Gasteiger partial charge in [0.05, 0.1) is 6.61 Å². The molecule has 0 spiro atoms. The number of ether oxygens (including phenoxy) is 1. The van der Waals surface area contributed by atoms with E-state index >= 15 is 0 Å². The maximum atomic E-state index is 13.1. The first-order chi connectivity index (χ1) is 15.5. The Bertz CT molecular complexity index is 494. The van der Waals surface area contributed by atoms with Crippen molar-refractivity contribution in [3.8, 4) is 0 Å². The molecule has 0 bridgehead atoms. The molecule has 0 aromatic rings. The zero-order valence-electron chi connectivity index (χ0n) is 19.9. The van der Waals surface area contributed by atoms with E-state index in [4.69, 9.17) is 0 Å². The summed E-state index contributed by atoms with van der Waals surface area (Å²) in [5.74, 6) is -15.3. The third-order valence-corrected chi connectivity index (χ3v) is 5.74. The molecular formula is C24H41F7O2. The summed E-state index contributed by atoms with van der Waals surface area (Å²) >= 11 is 0. The van der Waals surface area contributed by atoms with Crippen molar-refractivity contribution < 1.29 is 40.3 Å². The second-order valence-corrected chi connectivity index (χ2v) is 8.79. The van der Waals surface area contributed by atoms with Gasteiger partial charge >= 0.3 is 24.0 Å². The first kappa shape index (κ1) is 32.0. The third-order valence-electron chi connectivity index (χ3n) is 5.74. The van der Waals surface area contributed by atoms with Crippen molar-refractivity contribution in [2.24, 2.45) is 0 Å². The molecule has 0 aliphatic carbocycles. The van der Waals surface area contributed by atoms with E-state index in [2.05, 4.69) is 11.7 Å². The first-order valence-electron chi connectivity index (χ1n) is 12.5. The average Bonchev–Trinajstić information content (AvgIpc) is 2.74.